The second-order valence-corrected chi connectivity index (χ2v) is 9.00. The van der Waals surface area contributed by atoms with Gasteiger partial charge in [0.1, 0.15) is 22.2 Å². The summed E-state index contributed by atoms with van der Waals surface area (Å²) in [5, 5.41) is 4.23. The summed E-state index contributed by atoms with van der Waals surface area (Å²) in [6.07, 6.45) is 3.82. The van der Waals surface area contributed by atoms with E-state index in [9.17, 15) is 4.55 Å². The summed E-state index contributed by atoms with van der Waals surface area (Å²) < 4.78 is 17.6. The van der Waals surface area contributed by atoms with Gasteiger partial charge in [-0.3, -0.25) is 0 Å². The van der Waals surface area contributed by atoms with Crippen LogP contribution in [0.2, 0.25) is 10.2 Å². The first-order valence-electron chi connectivity index (χ1n) is 7.53. The molecule has 0 spiro atoms. The van der Waals surface area contributed by atoms with Gasteiger partial charge in [0.05, 0.1) is 40.5 Å². The summed E-state index contributed by atoms with van der Waals surface area (Å²) in [7, 11) is 0. The molecule has 0 amide bonds. The number of halogens is 2. The summed E-state index contributed by atoms with van der Waals surface area (Å²) in [6.45, 7) is 0.529. The van der Waals surface area contributed by atoms with Crippen LogP contribution in [0.3, 0.4) is 0 Å². The quantitative estimate of drug-likeness (QED) is 0.446. The van der Waals surface area contributed by atoms with Gasteiger partial charge < -0.3 is 20.0 Å². The Hall–Kier alpha value is -0.960. The highest BCUT2D eigenvalue weighted by Gasteiger charge is 2.19. The third kappa shape index (κ3) is 4.61. The second kappa shape index (κ2) is 8.16. The van der Waals surface area contributed by atoms with E-state index in [0.717, 1.165) is 21.0 Å². The van der Waals surface area contributed by atoms with E-state index in [4.69, 9.17) is 33.4 Å². The number of hydrogen-bond acceptors (Lipinski definition) is 6. The maximum Gasteiger partial charge on any atom is 0.131 e. The fourth-order valence-electron chi connectivity index (χ4n) is 2.51. The minimum atomic E-state index is -0.945. The van der Waals surface area contributed by atoms with Gasteiger partial charge in [-0.2, -0.15) is 0 Å². The molecule has 0 aliphatic rings. The zero-order chi connectivity index (χ0) is 18.0. The van der Waals surface area contributed by atoms with Crippen molar-refractivity contribution in [2.45, 2.75) is 19.0 Å². The molecule has 3 aromatic rings. The molecule has 5 nitrogen and oxygen atoms in total. The predicted molar refractivity (Wildman–Crippen MR) is 106 cm³/mol. The number of rotatable bonds is 7. The number of anilines is 1. The zero-order valence-electron chi connectivity index (χ0n) is 13.4. The highest BCUT2D eigenvalue weighted by atomic mass is 35.5. The van der Waals surface area contributed by atoms with Gasteiger partial charge in [0.2, 0.25) is 0 Å². The maximum atomic E-state index is 11.4. The largest absolute Gasteiger partial charge is 0.617 e. The van der Waals surface area contributed by atoms with E-state index in [1.807, 2.05) is 12.1 Å². The predicted octanol–water partition coefficient (Wildman–Crippen LogP) is 4.06. The molecular weight excluding hydrogens is 401 g/mol. The van der Waals surface area contributed by atoms with Crippen molar-refractivity contribution in [3.63, 3.8) is 0 Å². The van der Waals surface area contributed by atoms with E-state index in [-0.39, 0.29) is 6.04 Å². The lowest BCUT2D eigenvalue weighted by Gasteiger charge is -2.11. The number of nitrogens with zero attached hydrogens (tertiary/aromatic N) is 1. The van der Waals surface area contributed by atoms with Crippen LogP contribution < -0.4 is 11.1 Å². The topological polar surface area (TPSA) is 87.1 Å². The molecule has 1 unspecified atom stereocenters. The summed E-state index contributed by atoms with van der Waals surface area (Å²) in [4.78, 5) is 5.27. The van der Waals surface area contributed by atoms with Crippen molar-refractivity contribution in [2.75, 3.05) is 17.3 Å². The summed E-state index contributed by atoms with van der Waals surface area (Å²) in [5.41, 5.74) is 7.57. The first-order valence-corrected chi connectivity index (χ1v) is 10.8. The van der Waals surface area contributed by atoms with Crippen LogP contribution in [0, 0.1) is 0 Å². The maximum absolute atomic E-state index is 11.4. The number of thiophene rings is 1. The lowest BCUT2D eigenvalue weighted by atomic mass is 10.2. The number of furan rings is 1. The molecular formula is C16H17Cl2N3O2S2. The van der Waals surface area contributed by atoms with Crippen LogP contribution in [0.5, 0.6) is 0 Å². The van der Waals surface area contributed by atoms with Crippen molar-refractivity contribution in [2.24, 2.45) is 5.73 Å². The first kappa shape index (κ1) is 18.8. The molecule has 3 heterocycles. The van der Waals surface area contributed by atoms with Gasteiger partial charge in [-0.05, 0) is 12.1 Å². The second-order valence-electron chi connectivity index (χ2n) is 5.65. The third-order valence-electron chi connectivity index (χ3n) is 3.55. The smallest absolute Gasteiger partial charge is 0.131 e. The van der Waals surface area contributed by atoms with Crippen LogP contribution in [0.1, 0.15) is 10.6 Å². The molecule has 0 saturated carbocycles. The summed E-state index contributed by atoms with van der Waals surface area (Å²) in [5.74, 6) is 1.25. The highest BCUT2D eigenvalue weighted by molar-refractivity contribution is 7.90. The Labute approximate surface area is 162 Å². The Balaban J connectivity index is 1.88. The molecule has 3 N–H and O–H groups in total. The van der Waals surface area contributed by atoms with Crippen molar-refractivity contribution in [1.82, 2.24) is 4.98 Å². The van der Waals surface area contributed by atoms with Crippen LogP contribution in [-0.2, 0) is 24.1 Å². The number of pyridine rings is 1. The van der Waals surface area contributed by atoms with Gasteiger partial charge >= 0.3 is 0 Å². The lowest BCUT2D eigenvalue weighted by molar-refractivity contribution is 0.518. The number of nitrogens with one attached hydrogen (secondary N) is 1. The van der Waals surface area contributed by atoms with Crippen LogP contribution in [-0.4, -0.2) is 27.6 Å². The molecule has 25 heavy (non-hydrogen) atoms. The van der Waals surface area contributed by atoms with Gasteiger partial charge in [0, 0.05) is 17.4 Å². The van der Waals surface area contributed by atoms with E-state index in [1.54, 1.807) is 18.6 Å². The van der Waals surface area contributed by atoms with Crippen LogP contribution in [0.25, 0.3) is 10.2 Å². The number of aromatic nitrogens is 1. The Morgan fingerprint density at radius 3 is 2.96 bits per heavy atom. The summed E-state index contributed by atoms with van der Waals surface area (Å²) >= 11 is 13.2. The standard InChI is InChI=1S/C16H17Cl2N3O2S2/c1-25(22)8-9(19)5-12-14(18)15-16(24-12)11(6-13(17)21-15)20-7-10-3-2-4-23-10/h2-4,6,9H,5,7-8,19H2,1H3,(H,20,21)/t9-,25?/m1/s1. The molecule has 0 aliphatic heterocycles. The molecule has 0 aromatic carbocycles. The van der Waals surface area contributed by atoms with Crippen molar-refractivity contribution in [1.29, 1.82) is 0 Å². The number of hydrogen-bond donors (Lipinski definition) is 2. The van der Waals surface area contributed by atoms with E-state index in [0.29, 0.717) is 34.4 Å². The fraction of sp³-hybridized carbons (Fsp3) is 0.312. The minimum absolute atomic E-state index is 0.216. The normalized spacial score (nSPS) is 14.0. The van der Waals surface area contributed by atoms with E-state index >= 15 is 0 Å². The van der Waals surface area contributed by atoms with Gasteiger partial charge in [-0.25, -0.2) is 4.98 Å². The van der Waals surface area contributed by atoms with Crippen molar-refractivity contribution in [3.8, 4) is 0 Å². The van der Waals surface area contributed by atoms with Gasteiger partial charge in [0.15, 0.2) is 0 Å². The lowest BCUT2D eigenvalue weighted by Crippen LogP contribution is -2.31. The molecule has 0 aliphatic carbocycles. The molecule has 9 heteroatoms. The van der Waals surface area contributed by atoms with Crippen LogP contribution in [0.15, 0.2) is 28.9 Å². The van der Waals surface area contributed by atoms with Crippen molar-refractivity contribution in [3.05, 3.63) is 45.3 Å². The minimum Gasteiger partial charge on any atom is -0.617 e. The molecule has 3 rings (SSSR count). The average Bonchev–Trinajstić information content (AvgIpc) is 3.14. The fourth-order valence-corrected chi connectivity index (χ4v) is 5.03. The van der Waals surface area contributed by atoms with Gasteiger partial charge in [-0.1, -0.05) is 34.4 Å². The highest BCUT2D eigenvalue weighted by Crippen LogP contribution is 2.40. The van der Waals surface area contributed by atoms with Crippen molar-refractivity contribution < 1.29 is 8.97 Å². The zero-order valence-corrected chi connectivity index (χ0v) is 16.6. The Morgan fingerprint density at radius 2 is 2.28 bits per heavy atom. The Morgan fingerprint density at radius 1 is 1.48 bits per heavy atom. The van der Waals surface area contributed by atoms with E-state index in [1.165, 1.54) is 11.3 Å². The van der Waals surface area contributed by atoms with E-state index < -0.39 is 11.2 Å². The van der Waals surface area contributed by atoms with Crippen LogP contribution >= 0.6 is 34.5 Å². The Bertz CT molecular complexity index is 853. The molecule has 0 saturated heterocycles. The van der Waals surface area contributed by atoms with E-state index in [2.05, 4.69) is 10.3 Å². The van der Waals surface area contributed by atoms with Crippen molar-refractivity contribution >= 4 is 61.6 Å². The monoisotopic (exact) mass is 417 g/mol. The van der Waals surface area contributed by atoms with Gasteiger partial charge in [0.25, 0.3) is 0 Å². The van der Waals surface area contributed by atoms with Crippen LogP contribution in [0.4, 0.5) is 5.69 Å². The SMILES string of the molecule is C[S+]([O-])C[C@H](N)Cc1sc2c(NCc3ccco3)cc(Cl)nc2c1Cl. The van der Waals surface area contributed by atoms with Gasteiger partial charge in [-0.15, -0.1) is 11.3 Å². The molecule has 3 aromatic heterocycles. The molecule has 2 atom stereocenters. The summed E-state index contributed by atoms with van der Waals surface area (Å²) in [6, 6.07) is 5.28. The molecule has 0 radical (unpaired) electrons. The first-order chi connectivity index (χ1) is 11.9. The number of fused-ring (bicyclic) bond motifs is 1. The number of nitrogens with two attached hydrogens (primary N) is 1. The molecule has 0 bridgehead atoms. The Kier molecular flexibility index (Phi) is 6.14. The molecule has 134 valence electrons. The third-order valence-corrected chi connectivity index (χ3v) is 6.39. The average molecular weight is 418 g/mol. The molecule has 0 fully saturated rings.